The fourth-order valence-corrected chi connectivity index (χ4v) is 2.49. The summed E-state index contributed by atoms with van der Waals surface area (Å²) < 4.78 is 25.0. The molecule has 0 saturated heterocycles. The average molecular weight is 327 g/mol. The highest BCUT2D eigenvalue weighted by Crippen LogP contribution is 2.17. The molecule has 0 fully saturated rings. The minimum Gasteiger partial charge on any atom is -0.491 e. The largest absolute Gasteiger partial charge is 0.491 e. The van der Waals surface area contributed by atoms with Crippen LogP contribution in [0.2, 0.25) is 0 Å². The van der Waals surface area contributed by atoms with Crippen LogP contribution in [0, 0.1) is 5.82 Å². The summed E-state index contributed by atoms with van der Waals surface area (Å²) in [6.45, 7) is 1.36. The summed E-state index contributed by atoms with van der Waals surface area (Å²) in [5.74, 6) is 0.625. The number of rotatable bonds is 9. The number of benzene rings is 1. The highest BCUT2D eigenvalue weighted by molar-refractivity contribution is 7.99. The van der Waals surface area contributed by atoms with Crippen molar-refractivity contribution in [2.45, 2.75) is 17.8 Å². The van der Waals surface area contributed by atoms with Gasteiger partial charge in [-0.1, -0.05) is 11.8 Å². The first-order chi connectivity index (χ1) is 10.7. The van der Waals surface area contributed by atoms with Crippen molar-refractivity contribution in [1.29, 1.82) is 0 Å². The molecule has 1 atom stereocenters. The molecule has 2 rings (SSSR count). The van der Waals surface area contributed by atoms with Crippen LogP contribution in [-0.2, 0) is 11.3 Å². The zero-order valence-corrected chi connectivity index (χ0v) is 13.0. The minimum absolute atomic E-state index is 0.130. The molecule has 120 valence electrons. The zero-order valence-electron chi connectivity index (χ0n) is 12.2. The molecule has 22 heavy (non-hydrogen) atoms. The molecule has 1 heterocycles. The number of methoxy groups -OCH3 is 1. The molecular formula is C14H18FN3O3S. The van der Waals surface area contributed by atoms with Gasteiger partial charge in [-0.25, -0.2) is 4.39 Å². The number of hydrogen-bond acceptors (Lipinski definition) is 6. The van der Waals surface area contributed by atoms with Crippen molar-refractivity contribution in [2.24, 2.45) is 0 Å². The van der Waals surface area contributed by atoms with Crippen LogP contribution in [0.5, 0.6) is 5.75 Å². The second-order valence-electron chi connectivity index (χ2n) is 4.53. The summed E-state index contributed by atoms with van der Waals surface area (Å²) in [6.07, 6.45) is 0.963. The predicted molar refractivity (Wildman–Crippen MR) is 80.5 cm³/mol. The summed E-state index contributed by atoms with van der Waals surface area (Å²) in [7, 11) is 1.63. The average Bonchev–Trinajstić information content (AvgIpc) is 2.97. The molecule has 0 bridgehead atoms. The van der Waals surface area contributed by atoms with E-state index in [2.05, 4.69) is 10.2 Å². The molecule has 8 heteroatoms. The maximum absolute atomic E-state index is 12.8. The van der Waals surface area contributed by atoms with Gasteiger partial charge in [0.2, 0.25) is 0 Å². The maximum Gasteiger partial charge on any atom is 0.191 e. The number of aliphatic hydroxyl groups is 1. The first kappa shape index (κ1) is 16.7. The van der Waals surface area contributed by atoms with Gasteiger partial charge in [0, 0.05) is 19.4 Å². The summed E-state index contributed by atoms with van der Waals surface area (Å²) in [4.78, 5) is 0. The van der Waals surface area contributed by atoms with Crippen LogP contribution in [0.4, 0.5) is 4.39 Å². The van der Waals surface area contributed by atoms with Crippen LogP contribution in [0.25, 0.3) is 0 Å². The van der Waals surface area contributed by atoms with E-state index in [1.165, 1.54) is 36.0 Å². The van der Waals surface area contributed by atoms with Crippen LogP contribution < -0.4 is 4.74 Å². The Morgan fingerprint density at radius 2 is 2.14 bits per heavy atom. The van der Waals surface area contributed by atoms with Crippen molar-refractivity contribution >= 4 is 11.8 Å². The monoisotopic (exact) mass is 327 g/mol. The quantitative estimate of drug-likeness (QED) is 0.706. The number of halogens is 1. The van der Waals surface area contributed by atoms with E-state index in [4.69, 9.17) is 9.47 Å². The normalized spacial score (nSPS) is 12.3. The van der Waals surface area contributed by atoms with Gasteiger partial charge in [-0.3, -0.25) is 0 Å². The highest BCUT2D eigenvalue weighted by Gasteiger charge is 2.10. The Morgan fingerprint density at radius 1 is 1.36 bits per heavy atom. The minimum atomic E-state index is -0.664. The predicted octanol–water partition coefficient (Wildman–Crippen LogP) is 1.60. The molecule has 0 amide bonds. The Labute approximate surface area is 132 Å². The lowest BCUT2D eigenvalue weighted by atomic mass is 10.3. The van der Waals surface area contributed by atoms with Gasteiger partial charge < -0.3 is 19.1 Å². The van der Waals surface area contributed by atoms with Crippen LogP contribution in [-0.4, -0.2) is 52.1 Å². The number of nitrogens with zero attached hydrogens (tertiary/aromatic N) is 3. The van der Waals surface area contributed by atoms with E-state index in [1.807, 2.05) is 4.57 Å². The van der Waals surface area contributed by atoms with Crippen molar-refractivity contribution in [3.8, 4) is 5.75 Å². The van der Waals surface area contributed by atoms with Gasteiger partial charge in [-0.05, 0) is 24.3 Å². The molecule has 0 spiro atoms. The van der Waals surface area contributed by atoms with E-state index in [-0.39, 0.29) is 12.4 Å². The van der Waals surface area contributed by atoms with Gasteiger partial charge in [0.15, 0.2) is 5.16 Å². The second kappa shape index (κ2) is 8.72. The number of aromatic nitrogens is 3. The van der Waals surface area contributed by atoms with E-state index in [0.717, 1.165) is 5.16 Å². The molecule has 2 aromatic rings. The van der Waals surface area contributed by atoms with Crippen molar-refractivity contribution in [1.82, 2.24) is 14.8 Å². The molecule has 1 aromatic carbocycles. The summed E-state index contributed by atoms with van der Waals surface area (Å²) in [6, 6.07) is 5.68. The molecule has 1 N–H and O–H groups in total. The van der Waals surface area contributed by atoms with Crippen molar-refractivity contribution in [3.63, 3.8) is 0 Å². The summed E-state index contributed by atoms with van der Waals surface area (Å²) in [5.41, 5.74) is 0. The standard InChI is InChI=1S/C14H18FN3O3S/c1-20-7-6-18-10-16-17-14(18)22-9-12(19)8-21-13-4-2-11(15)3-5-13/h2-5,10,12,19H,6-9H2,1H3. The molecule has 6 nitrogen and oxygen atoms in total. The van der Waals surface area contributed by atoms with Gasteiger partial charge in [0.05, 0.1) is 12.7 Å². The number of thioether (sulfide) groups is 1. The summed E-state index contributed by atoms with van der Waals surface area (Å²) >= 11 is 1.39. The van der Waals surface area contributed by atoms with Crippen molar-refractivity contribution < 1.29 is 19.0 Å². The lowest BCUT2D eigenvalue weighted by molar-refractivity contribution is 0.126. The van der Waals surface area contributed by atoms with Gasteiger partial charge in [-0.15, -0.1) is 10.2 Å². The number of hydrogen-bond donors (Lipinski definition) is 1. The number of aliphatic hydroxyl groups excluding tert-OH is 1. The van der Waals surface area contributed by atoms with Crippen LogP contribution in [0.3, 0.4) is 0 Å². The Hall–Kier alpha value is -1.64. The smallest absolute Gasteiger partial charge is 0.191 e. The molecule has 0 aliphatic carbocycles. The Balaban J connectivity index is 1.74. The maximum atomic E-state index is 12.8. The molecule has 1 aromatic heterocycles. The van der Waals surface area contributed by atoms with Gasteiger partial charge in [-0.2, -0.15) is 0 Å². The molecule has 0 saturated carbocycles. The third-order valence-electron chi connectivity index (χ3n) is 2.78. The van der Waals surface area contributed by atoms with Crippen LogP contribution in [0.15, 0.2) is 35.7 Å². The zero-order chi connectivity index (χ0) is 15.8. The van der Waals surface area contributed by atoms with Gasteiger partial charge in [0.1, 0.15) is 24.5 Å². The molecule has 1 unspecified atom stereocenters. The molecule has 0 aliphatic heterocycles. The van der Waals surface area contributed by atoms with E-state index in [0.29, 0.717) is 24.7 Å². The Morgan fingerprint density at radius 3 is 2.86 bits per heavy atom. The lowest BCUT2D eigenvalue weighted by Crippen LogP contribution is -2.20. The molecule has 0 aliphatic rings. The Bertz CT molecular complexity index is 565. The van der Waals surface area contributed by atoms with E-state index in [9.17, 15) is 9.50 Å². The molecule has 0 radical (unpaired) electrons. The van der Waals surface area contributed by atoms with E-state index < -0.39 is 6.10 Å². The fraction of sp³-hybridized carbons (Fsp3) is 0.429. The van der Waals surface area contributed by atoms with Crippen LogP contribution >= 0.6 is 11.8 Å². The Kier molecular flexibility index (Phi) is 6.63. The van der Waals surface area contributed by atoms with E-state index in [1.54, 1.807) is 13.4 Å². The highest BCUT2D eigenvalue weighted by atomic mass is 32.2. The third kappa shape index (κ3) is 5.28. The van der Waals surface area contributed by atoms with E-state index >= 15 is 0 Å². The lowest BCUT2D eigenvalue weighted by Gasteiger charge is -2.12. The first-order valence-corrected chi connectivity index (χ1v) is 7.73. The topological polar surface area (TPSA) is 69.4 Å². The van der Waals surface area contributed by atoms with Crippen LogP contribution in [0.1, 0.15) is 0 Å². The number of ether oxygens (including phenoxy) is 2. The van der Waals surface area contributed by atoms with Gasteiger partial charge in [0.25, 0.3) is 0 Å². The van der Waals surface area contributed by atoms with Crippen molar-refractivity contribution in [3.05, 3.63) is 36.4 Å². The SMILES string of the molecule is COCCn1cnnc1SCC(O)COc1ccc(F)cc1. The molecular weight excluding hydrogens is 309 g/mol. The fourth-order valence-electron chi connectivity index (χ4n) is 1.64. The summed E-state index contributed by atoms with van der Waals surface area (Å²) in [5, 5.41) is 18.5. The van der Waals surface area contributed by atoms with Crippen molar-refractivity contribution in [2.75, 3.05) is 26.1 Å². The first-order valence-electron chi connectivity index (χ1n) is 6.75. The van der Waals surface area contributed by atoms with Gasteiger partial charge >= 0.3 is 0 Å². The second-order valence-corrected chi connectivity index (χ2v) is 5.52. The third-order valence-corrected chi connectivity index (χ3v) is 3.90.